The number of aliphatic hydroxyl groups excluding tert-OH is 1. The lowest BCUT2D eigenvalue weighted by Gasteiger charge is -2.23. The molecule has 5 rings (SSSR count). The minimum Gasteiger partial charge on any atom is -0.507 e. The van der Waals surface area contributed by atoms with Gasteiger partial charge >= 0.3 is 5.91 Å². The summed E-state index contributed by atoms with van der Waals surface area (Å²) in [4.78, 5) is 32.4. The number of hydrogen-bond acceptors (Lipinski definition) is 6. The molecule has 1 unspecified atom stereocenters. The highest BCUT2D eigenvalue weighted by Crippen LogP contribution is 2.44. The number of halogens is 2. The molecule has 1 saturated heterocycles. The van der Waals surface area contributed by atoms with Gasteiger partial charge in [-0.05, 0) is 67.1 Å². The Morgan fingerprint density at radius 2 is 1.83 bits per heavy atom. The van der Waals surface area contributed by atoms with Crippen molar-refractivity contribution in [3.05, 3.63) is 94.3 Å². The van der Waals surface area contributed by atoms with E-state index in [1.807, 2.05) is 6.92 Å². The van der Waals surface area contributed by atoms with Gasteiger partial charge in [0.05, 0.1) is 28.4 Å². The summed E-state index contributed by atoms with van der Waals surface area (Å²) >= 11 is 7.33. The summed E-state index contributed by atoms with van der Waals surface area (Å²) in [5.74, 6) is -1.94. The lowest BCUT2D eigenvalue weighted by molar-refractivity contribution is -0.132. The summed E-state index contributed by atoms with van der Waals surface area (Å²) in [5, 5.41) is 11.9. The van der Waals surface area contributed by atoms with Gasteiger partial charge in [-0.15, -0.1) is 0 Å². The Hall–Kier alpha value is -3.75. The number of nitrogens with zero attached hydrogens (tertiary/aromatic N) is 2. The number of ether oxygens (including phenoxy) is 1. The van der Waals surface area contributed by atoms with Gasteiger partial charge in [0.2, 0.25) is 0 Å². The highest BCUT2D eigenvalue weighted by molar-refractivity contribution is 7.22. The Kier molecular flexibility index (Phi) is 6.00. The molecule has 1 atom stereocenters. The molecule has 35 heavy (non-hydrogen) atoms. The second-order valence-electron chi connectivity index (χ2n) is 7.79. The van der Waals surface area contributed by atoms with Crippen LogP contribution in [0.5, 0.6) is 5.75 Å². The van der Waals surface area contributed by atoms with Crippen LogP contribution in [0, 0.1) is 5.82 Å². The van der Waals surface area contributed by atoms with Crippen molar-refractivity contribution in [2.24, 2.45) is 0 Å². The molecule has 2 heterocycles. The number of fused-ring (bicyclic) bond motifs is 1. The average Bonchev–Trinajstić information content (AvgIpc) is 3.37. The Labute approximate surface area is 208 Å². The minimum atomic E-state index is -0.952. The average molecular weight is 509 g/mol. The van der Waals surface area contributed by atoms with Crippen LogP contribution in [0.25, 0.3) is 16.0 Å². The predicted octanol–water partition coefficient (Wildman–Crippen LogP) is 6.11. The number of Topliss-reactive ketones (excluding diaryl/α,β-unsaturated/α-hetero) is 1. The third kappa shape index (κ3) is 4.15. The summed E-state index contributed by atoms with van der Waals surface area (Å²) < 4.78 is 19.7. The number of rotatable bonds is 5. The van der Waals surface area contributed by atoms with Crippen molar-refractivity contribution in [2.45, 2.75) is 13.0 Å². The fourth-order valence-electron chi connectivity index (χ4n) is 4.01. The molecule has 0 saturated carbocycles. The molecule has 4 aromatic rings. The van der Waals surface area contributed by atoms with E-state index in [0.29, 0.717) is 33.6 Å². The first-order chi connectivity index (χ1) is 16.9. The first-order valence-corrected chi connectivity index (χ1v) is 11.9. The molecule has 1 N–H and O–H groups in total. The smallest absolute Gasteiger partial charge is 0.301 e. The van der Waals surface area contributed by atoms with Gasteiger partial charge in [0.15, 0.2) is 5.13 Å². The van der Waals surface area contributed by atoms with E-state index in [2.05, 4.69) is 4.98 Å². The number of ketones is 1. The van der Waals surface area contributed by atoms with Crippen LogP contribution in [0.3, 0.4) is 0 Å². The summed E-state index contributed by atoms with van der Waals surface area (Å²) in [6.07, 6.45) is 0. The van der Waals surface area contributed by atoms with Crippen molar-refractivity contribution < 1.29 is 23.8 Å². The van der Waals surface area contributed by atoms with E-state index in [1.165, 1.54) is 40.5 Å². The number of anilines is 1. The molecule has 1 aliphatic heterocycles. The fraction of sp³-hybridized carbons (Fsp3) is 0.115. The third-order valence-corrected chi connectivity index (χ3v) is 6.87. The van der Waals surface area contributed by atoms with Gasteiger partial charge in [-0.3, -0.25) is 14.5 Å². The number of carbonyl (C=O) groups is 2. The summed E-state index contributed by atoms with van der Waals surface area (Å²) in [5.41, 5.74) is 1.31. The first kappa shape index (κ1) is 23.0. The van der Waals surface area contributed by atoms with Crippen LogP contribution in [-0.4, -0.2) is 28.4 Å². The normalized spacial score (nSPS) is 17.3. The maximum Gasteiger partial charge on any atom is 0.301 e. The van der Waals surface area contributed by atoms with Gasteiger partial charge < -0.3 is 9.84 Å². The van der Waals surface area contributed by atoms with E-state index < -0.39 is 29.3 Å². The zero-order chi connectivity index (χ0) is 24.7. The lowest BCUT2D eigenvalue weighted by Crippen LogP contribution is -2.29. The predicted molar refractivity (Wildman–Crippen MR) is 133 cm³/mol. The minimum absolute atomic E-state index is 0.108. The second kappa shape index (κ2) is 9.13. The number of amides is 1. The maximum atomic E-state index is 13.5. The van der Waals surface area contributed by atoms with E-state index in [-0.39, 0.29) is 11.1 Å². The van der Waals surface area contributed by atoms with Crippen molar-refractivity contribution >= 4 is 55.7 Å². The van der Waals surface area contributed by atoms with E-state index in [0.717, 1.165) is 4.70 Å². The first-order valence-electron chi connectivity index (χ1n) is 10.7. The van der Waals surface area contributed by atoms with Gasteiger partial charge in [-0.2, -0.15) is 0 Å². The molecule has 0 radical (unpaired) electrons. The Balaban J connectivity index is 1.70. The molecule has 6 nitrogen and oxygen atoms in total. The summed E-state index contributed by atoms with van der Waals surface area (Å²) in [6.45, 7) is 2.35. The highest BCUT2D eigenvalue weighted by Gasteiger charge is 2.48. The van der Waals surface area contributed by atoms with Gasteiger partial charge in [-0.25, -0.2) is 9.37 Å². The zero-order valence-corrected chi connectivity index (χ0v) is 19.9. The number of benzene rings is 3. The van der Waals surface area contributed by atoms with Crippen molar-refractivity contribution in [3.8, 4) is 5.75 Å². The standard InChI is InChI=1S/C26H18ClFN2O4S/c1-2-34-18-10-5-14(6-11-18)22-21(23(31)15-3-8-17(28)9-4-15)24(32)25(33)30(22)26-29-19-12-7-16(27)13-20(19)35-26/h3-13,22,31H,2H2,1H3. The van der Waals surface area contributed by atoms with Crippen molar-refractivity contribution in [3.63, 3.8) is 0 Å². The maximum absolute atomic E-state index is 13.5. The molecule has 3 aromatic carbocycles. The Morgan fingerprint density at radius 3 is 2.51 bits per heavy atom. The molecular formula is C26H18ClFN2O4S. The number of thiazole rings is 1. The molecular weight excluding hydrogens is 491 g/mol. The lowest BCUT2D eigenvalue weighted by atomic mass is 9.95. The largest absolute Gasteiger partial charge is 0.507 e. The van der Waals surface area contributed by atoms with E-state index in [4.69, 9.17) is 16.3 Å². The molecule has 1 amide bonds. The number of hydrogen-bond donors (Lipinski definition) is 1. The van der Waals surface area contributed by atoms with Crippen LogP contribution in [-0.2, 0) is 9.59 Å². The molecule has 0 aliphatic carbocycles. The van der Waals surface area contributed by atoms with Crippen LogP contribution in [0.15, 0.2) is 72.3 Å². The second-order valence-corrected chi connectivity index (χ2v) is 9.23. The highest BCUT2D eigenvalue weighted by atomic mass is 35.5. The SMILES string of the molecule is CCOc1ccc(C2C(=C(O)c3ccc(F)cc3)C(=O)C(=O)N2c2nc3ccc(Cl)cc3s2)cc1. The van der Waals surface area contributed by atoms with Gasteiger partial charge in [0.1, 0.15) is 17.3 Å². The van der Waals surface area contributed by atoms with E-state index >= 15 is 0 Å². The molecule has 1 aliphatic rings. The van der Waals surface area contributed by atoms with E-state index in [1.54, 1.807) is 42.5 Å². The van der Waals surface area contributed by atoms with Crippen LogP contribution in [0.4, 0.5) is 9.52 Å². The van der Waals surface area contributed by atoms with Crippen LogP contribution < -0.4 is 9.64 Å². The van der Waals surface area contributed by atoms with Crippen LogP contribution in [0.1, 0.15) is 24.1 Å². The Morgan fingerprint density at radius 1 is 1.11 bits per heavy atom. The quantitative estimate of drug-likeness (QED) is 0.200. The number of aliphatic hydroxyl groups is 1. The third-order valence-electron chi connectivity index (χ3n) is 5.61. The van der Waals surface area contributed by atoms with Crippen molar-refractivity contribution in [1.82, 2.24) is 4.98 Å². The fourth-order valence-corrected chi connectivity index (χ4v) is 5.28. The van der Waals surface area contributed by atoms with Crippen LogP contribution >= 0.6 is 22.9 Å². The molecule has 0 bridgehead atoms. The van der Waals surface area contributed by atoms with Gasteiger partial charge in [0.25, 0.3) is 5.78 Å². The van der Waals surface area contributed by atoms with Gasteiger partial charge in [-0.1, -0.05) is 35.1 Å². The Bertz CT molecular complexity index is 1480. The molecule has 1 fully saturated rings. The molecule has 176 valence electrons. The monoisotopic (exact) mass is 508 g/mol. The van der Waals surface area contributed by atoms with Crippen molar-refractivity contribution in [2.75, 3.05) is 11.5 Å². The molecule has 9 heteroatoms. The van der Waals surface area contributed by atoms with Gasteiger partial charge in [0, 0.05) is 10.6 Å². The topological polar surface area (TPSA) is 79.7 Å². The summed E-state index contributed by atoms with van der Waals surface area (Å²) in [7, 11) is 0. The molecule has 0 spiro atoms. The van der Waals surface area contributed by atoms with Crippen molar-refractivity contribution in [1.29, 1.82) is 0 Å². The number of carbonyl (C=O) groups excluding carboxylic acids is 2. The van der Waals surface area contributed by atoms with E-state index in [9.17, 15) is 19.1 Å². The number of aromatic nitrogens is 1. The zero-order valence-electron chi connectivity index (χ0n) is 18.4. The van der Waals surface area contributed by atoms with Crippen LogP contribution in [0.2, 0.25) is 5.02 Å². The summed E-state index contributed by atoms with van der Waals surface area (Å²) in [6, 6.07) is 16.2. The molecule has 1 aromatic heterocycles.